The highest BCUT2D eigenvalue weighted by molar-refractivity contribution is 6.99. The molecule has 2 aromatic rings. The van der Waals surface area contributed by atoms with Crippen molar-refractivity contribution in [3.63, 3.8) is 0 Å². The van der Waals surface area contributed by atoms with Crippen LogP contribution in [0.5, 0.6) is 0 Å². The second-order valence-electron chi connectivity index (χ2n) is 11.0. The highest BCUT2D eigenvalue weighted by atomic mass is 28.4. The van der Waals surface area contributed by atoms with Crippen molar-refractivity contribution in [2.24, 2.45) is 5.92 Å². The summed E-state index contributed by atoms with van der Waals surface area (Å²) in [5, 5.41) is 2.16. The Bertz CT molecular complexity index is 924. The minimum Gasteiger partial charge on any atom is -0.443 e. The Morgan fingerprint density at radius 2 is 1.42 bits per heavy atom. The van der Waals surface area contributed by atoms with Gasteiger partial charge in [0.05, 0.1) is 12.6 Å². The second-order valence-corrected chi connectivity index (χ2v) is 15.3. The van der Waals surface area contributed by atoms with Crippen LogP contribution in [0.1, 0.15) is 54.9 Å². The zero-order valence-electron chi connectivity index (χ0n) is 20.9. The van der Waals surface area contributed by atoms with E-state index in [4.69, 9.17) is 9.16 Å². The van der Waals surface area contributed by atoms with Crippen LogP contribution >= 0.6 is 0 Å². The molecule has 33 heavy (non-hydrogen) atoms. The molecule has 0 radical (unpaired) electrons. The van der Waals surface area contributed by atoms with Gasteiger partial charge in [0.1, 0.15) is 5.60 Å². The van der Waals surface area contributed by atoms with Crippen LogP contribution in [0.4, 0.5) is 4.79 Å². The van der Waals surface area contributed by atoms with Crippen molar-refractivity contribution >= 4 is 30.7 Å². The van der Waals surface area contributed by atoms with Crippen molar-refractivity contribution in [2.75, 3.05) is 6.61 Å². The summed E-state index contributed by atoms with van der Waals surface area (Å²) in [6.07, 6.45) is -0.0242. The molecule has 1 unspecified atom stereocenters. The quantitative estimate of drug-likeness (QED) is 0.596. The lowest BCUT2D eigenvalue weighted by molar-refractivity contribution is -0.131. The molecule has 1 saturated heterocycles. The van der Waals surface area contributed by atoms with Crippen LogP contribution < -0.4 is 10.4 Å². The van der Waals surface area contributed by atoms with E-state index in [-0.39, 0.29) is 29.5 Å². The van der Waals surface area contributed by atoms with Gasteiger partial charge in [0.2, 0.25) is 5.91 Å². The molecule has 0 N–H and O–H groups in total. The average Bonchev–Trinajstić information content (AvgIpc) is 3.01. The van der Waals surface area contributed by atoms with Crippen molar-refractivity contribution in [3.8, 4) is 0 Å². The molecule has 0 aromatic heterocycles. The summed E-state index contributed by atoms with van der Waals surface area (Å²) in [4.78, 5) is 27.1. The molecule has 0 spiro atoms. The van der Waals surface area contributed by atoms with Crippen molar-refractivity contribution < 1.29 is 18.8 Å². The van der Waals surface area contributed by atoms with Gasteiger partial charge in [-0.1, -0.05) is 88.4 Å². The smallest absolute Gasteiger partial charge is 0.417 e. The molecule has 6 heteroatoms. The number of benzene rings is 2. The first-order valence-corrected chi connectivity index (χ1v) is 13.6. The maximum Gasteiger partial charge on any atom is 0.417 e. The van der Waals surface area contributed by atoms with Crippen molar-refractivity contribution in [2.45, 2.75) is 71.6 Å². The molecule has 5 nitrogen and oxygen atoms in total. The van der Waals surface area contributed by atoms with Gasteiger partial charge in [0.15, 0.2) is 0 Å². The van der Waals surface area contributed by atoms with Gasteiger partial charge < -0.3 is 9.16 Å². The molecule has 1 fully saturated rings. The zero-order chi connectivity index (χ0) is 24.4. The van der Waals surface area contributed by atoms with E-state index in [2.05, 4.69) is 45.0 Å². The molecule has 0 saturated carbocycles. The van der Waals surface area contributed by atoms with Gasteiger partial charge in [-0.05, 0) is 42.6 Å². The molecule has 178 valence electrons. The number of hydrogen-bond donors (Lipinski definition) is 0. The Kier molecular flexibility index (Phi) is 7.20. The maximum atomic E-state index is 12.9. The number of carbonyl (C=O) groups is 2. The first-order valence-electron chi connectivity index (χ1n) is 11.7. The molecular formula is C27H37NO4Si. The molecule has 2 amide bonds. The summed E-state index contributed by atoms with van der Waals surface area (Å²) >= 11 is 0. The number of rotatable bonds is 5. The number of amides is 2. The fraction of sp³-hybridized carbons (Fsp3) is 0.481. The van der Waals surface area contributed by atoms with Gasteiger partial charge in [-0.2, -0.15) is 0 Å². The molecule has 0 bridgehead atoms. The van der Waals surface area contributed by atoms with Crippen molar-refractivity contribution in [1.82, 2.24) is 4.90 Å². The third-order valence-corrected chi connectivity index (χ3v) is 11.2. The number of hydrogen-bond acceptors (Lipinski definition) is 4. The highest BCUT2D eigenvalue weighted by Crippen LogP contribution is 2.38. The first-order chi connectivity index (χ1) is 15.4. The van der Waals surface area contributed by atoms with E-state index in [1.54, 1.807) is 0 Å². The lowest BCUT2D eigenvalue weighted by atomic mass is 10.1. The Morgan fingerprint density at radius 1 is 0.939 bits per heavy atom. The number of carbonyl (C=O) groups excluding carboxylic acids is 2. The molecule has 1 heterocycles. The normalized spacial score (nSPS) is 19.6. The summed E-state index contributed by atoms with van der Waals surface area (Å²) in [7, 11) is -2.76. The Balaban J connectivity index is 2.00. The third-order valence-electron chi connectivity index (χ3n) is 6.15. The highest BCUT2D eigenvalue weighted by Gasteiger charge is 2.52. The maximum absolute atomic E-state index is 12.9. The Hall–Kier alpha value is -2.44. The summed E-state index contributed by atoms with van der Waals surface area (Å²) < 4.78 is 12.6. The van der Waals surface area contributed by atoms with E-state index in [0.29, 0.717) is 6.42 Å². The van der Waals surface area contributed by atoms with Gasteiger partial charge in [0.25, 0.3) is 8.32 Å². The number of likely N-dealkylation sites (tertiary alicyclic amines) is 1. The van der Waals surface area contributed by atoms with E-state index in [1.165, 1.54) is 15.3 Å². The molecule has 2 aromatic carbocycles. The summed E-state index contributed by atoms with van der Waals surface area (Å²) in [5.74, 6) is -0.439. The lowest BCUT2D eigenvalue weighted by Gasteiger charge is -2.44. The molecule has 0 aliphatic carbocycles. The average molecular weight is 468 g/mol. The summed E-state index contributed by atoms with van der Waals surface area (Å²) in [5.41, 5.74) is -0.674. The fourth-order valence-corrected chi connectivity index (χ4v) is 9.31. The van der Waals surface area contributed by atoms with Crippen molar-refractivity contribution in [3.05, 3.63) is 60.7 Å². The van der Waals surface area contributed by atoms with Crippen LogP contribution in [0.2, 0.25) is 5.04 Å². The lowest BCUT2D eigenvalue weighted by Crippen LogP contribution is -2.67. The third kappa shape index (κ3) is 5.22. The molecule has 1 aliphatic heterocycles. The van der Waals surface area contributed by atoms with Gasteiger partial charge in [-0.15, -0.1) is 0 Å². The van der Waals surface area contributed by atoms with Crippen LogP contribution in [0.15, 0.2) is 60.7 Å². The van der Waals surface area contributed by atoms with Gasteiger partial charge >= 0.3 is 6.09 Å². The SMILES string of the molecule is CC1C[C@@H](CO[Si](c2ccccc2)(c2ccccc2)C(C)(C)C)N(C(=O)OC(C)(C)C)C1=O. The van der Waals surface area contributed by atoms with Gasteiger partial charge in [-0.3, -0.25) is 4.79 Å². The molecule has 1 aliphatic rings. The number of imide groups is 1. The van der Waals surface area contributed by atoms with Crippen LogP contribution in [-0.4, -0.2) is 43.5 Å². The van der Waals surface area contributed by atoms with Crippen molar-refractivity contribution in [1.29, 1.82) is 0 Å². The topological polar surface area (TPSA) is 55.8 Å². The van der Waals surface area contributed by atoms with Crippen LogP contribution in [0.3, 0.4) is 0 Å². The molecular weight excluding hydrogens is 430 g/mol. The van der Waals surface area contributed by atoms with E-state index in [1.807, 2.05) is 64.1 Å². The standard InChI is InChI=1S/C27H37NO4Si/c1-20-18-21(28(24(20)29)25(30)32-26(2,3)4)19-31-33(27(5,6)7,22-14-10-8-11-15-22)23-16-12-9-13-17-23/h8-17,20-21H,18-19H2,1-7H3/t20?,21-/m0/s1. The van der Waals surface area contributed by atoms with Crippen LogP contribution in [-0.2, 0) is 14.0 Å². The van der Waals surface area contributed by atoms with Crippen LogP contribution in [0, 0.1) is 5.92 Å². The Labute approximate surface area is 199 Å². The molecule has 2 atom stereocenters. The van der Waals surface area contributed by atoms with E-state index < -0.39 is 20.0 Å². The number of ether oxygens (including phenoxy) is 1. The molecule has 3 rings (SSSR count). The van der Waals surface area contributed by atoms with E-state index in [0.717, 1.165) is 0 Å². The Morgan fingerprint density at radius 3 is 1.85 bits per heavy atom. The van der Waals surface area contributed by atoms with Gasteiger partial charge in [0, 0.05) is 5.92 Å². The fourth-order valence-electron chi connectivity index (χ4n) is 4.71. The largest absolute Gasteiger partial charge is 0.443 e. The van der Waals surface area contributed by atoms with Gasteiger partial charge in [-0.25, -0.2) is 9.69 Å². The first kappa shape index (κ1) is 25.2. The minimum atomic E-state index is -2.76. The van der Waals surface area contributed by atoms with E-state index in [9.17, 15) is 9.59 Å². The predicted molar refractivity (Wildman–Crippen MR) is 134 cm³/mol. The van der Waals surface area contributed by atoms with E-state index >= 15 is 0 Å². The summed E-state index contributed by atoms with van der Waals surface area (Å²) in [6.45, 7) is 14.2. The minimum absolute atomic E-state index is 0.180. The van der Waals surface area contributed by atoms with Crippen LogP contribution in [0.25, 0.3) is 0 Å². The zero-order valence-corrected chi connectivity index (χ0v) is 21.9. The second kappa shape index (κ2) is 9.43. The monoisotopic (exact) mass is 467 g/mol. The predicted octanol–water partition coefficient (Wildman–Crippen LogP) is 4.74. The number of nitrogens with zero attached hydrogens (tertiary/aromatic N) is 1. The summed E-state index contributed by atoms with van der Waals surface area (Å²) in [6, 6.07) is 20.4.